The molecule has 0 fully saturated rings. The zero-order valence-corrected chi connectivity index (χ0v) is 9.64. The zero-order chi connectivity index (χ0) is 13.7. The highest BCUT2D eigenvalue weighted by Gasteiger charge is 2.11. The maximum absolute atomic E-state index is 13.5. The second kappa shape index (κ2) is 5.81. The number of nitrogens with two attached hydrogens (primary N) is 1. The number of carboxylic acids is 1. The quantitative estimate of drug-likeness (QED) is 0.484. The number of carboxylic acid groups (broad SMARTS) is 1. The van der Waals surface area contributed by atoms with Crippen LogP contribution in [0.3, 0.4) is 0 Å². The van der Waals surface area contributed by atoms with Crippen molar-refractivity contribution in [3.8, 4) is 0 Å². The predicted octanol–water partition coefficient (Wildman–Crippen LogP) is 1.68. The Morgan fingerprint density at radius 2 is 2.17 bits per heavy atom. The van der Waals surface area contributed by atoms with Crippen molar-refractivity contribution in [3.63, 3.8) is 0 Å². The number of esters is 1. The van der Waals surface area contributed by atoms with Crippen LogP contribution in [-0.4, -0.2) is 23.7 Å². The van der Waals surface area contributed by atoms with E-state index < -0.39 is 17.8 Å². The lowest BCUT2D eigenvalue weighted by molar-refractivity contribution is -0.137. The van der Waals surface area contributed by atoms with Gasteiger partial charge in [0.2, 0.25) is 0 Å². The Morgan fingerprint density at radius 3 is 2.72 bits per heavy atom. The van der Waals surface area contributed by atoms with Gasteiger partial charge in [-0.2, -0.15) is 0 Å². The predicted molar refractivity (Wildman–Crippen MR) is 63.4 cm³/mol. The molecule has 1 rings (SSSR count). The maximum atomic E-state index is 13.5. The molecule has 1 aromatic rings. The molecule has 0 heterocycles. The molecule has 18 heavy (non-hydrogen) atoms. The number of benzene rings is 1. The number of aromatic carboxylic acids is 1. The van der Waals surface area contributed by atoms with Crippen LogP contribution >= 0.6 is 0 Å². The summed E-state index contributed by atoms with van der Waals surface area (Å²) in [5.74, 6) is -2.61. The number of anilines is 1. The Kier molecular flexibility index (Phi) is 4.42. The lowest BCUT2D eigenvalue weighted by atomic mass is 10.1. The summed E-state index contributed by atoms with van der Waals surface area (Å²) in [6.07, 6.45) is 2.16. The lowest BCUT2D eigenvalue weighted by Crippen LogP contribution is -2.04. The molecule has 0 atom stereocenters. The number of carbonyl (C=O) groups excluding carboxylic acids is 1. The smallest absolute Gasteiger partial charge is 0.337 e. The summed E-state index contributed by atoms with van der Waals surface area (Å²) in [6, 6.07) is 1.96. The average Bonchev–Trinajstić information content (AvgIpc) is 2.27. The number of rotatable bonds is 4. The summed E-state index contributed by atoms with van der Waals surface area (Å²) in [4.78, 5) is 21.8. The highest BCUT2D eigenvalue weighted by Crippen LogP contribution is 2.19. The van der Waals surface area contributed by atoms with Crippen molar-refractivity contribution in [1.29, 1.82) is 0 Å². The third-order valence-corrected chi connectivity index (χ3v) is 2.08. The molecular formula is C12H12FNO4. The van der Waals surface area contributed by atoms with E-state index in [1.807, 2.05) is 0 Å². The van der Waals surface area contributed by atoms with Gasteiger partial charge in [0.05, 0.1) is 12.2 Å². The standard InChI is InChI=1S/C12H12FNO4/c1-2-18-11(15)4-3-7-5-8(12(16)17)10(14)6-9(7)13/h3-6H,2,14H2,1H3,(H,16,17). The molecule has 0 amide bonds. The molecule has 6 heteroatoms. The summed E-state index contributed by atoms with van der Waals surface area (Å²) in [5.41, 5.74) is 4.92. The Hall–Kier alpha value is -2.37. The molecule has 0 saturated carbocycles. The fraction of sp³-hybridized carbons (Fsp3) is 0.167. The first kappa shape index (κ1) is 13.7. The Labute approximate surface area is 103 Å². The molecule has 0 unspecified atom stereocenters. The van der Waals surface area contributed by atoms with Crippen molar-refractivity contribution >= 4 is 23.7 Å². The summed E-state index contributed by atoms with van der Waals surface area (Å²) in [6.45, 7) is 1.84. The lowest BCUT2D eigenvalue weighted by Gasteiger charge is -2.04. The normalized spacial score (nSPS) is 10.6. The fourth-order valence-electron chi connectivity index (χ4n) is 1.27. The first-order valence-electron chi connectivity index (χ1n) is 5.12. The molecular weight excluding hydrogens is 241 g/mol. The van der Waals surface area contributed by atoms with Crippen molar-refractivity contribution in [3.05, 3.63) is 35.2 Å². The van der Waals surface area contributed by atoms with E-state index in [0.717, 1.165) is 24.3 Å². The first-order chi connectivity index (χ1) is 8.45. The van der Waals surface area contributed by atoms with Gasteiger partial charge in [0, 0.05) is 17.3 Å². The minimum atomic E-state index is -1.27. The minimum absolute atomic E-state index is 0.0466. The van der Waals surface area contributed by atoms with Crippen molar-refractivity contribution in [2.75, 3.05) is 12.3 Å². The van der Waals surface area contributed by atoms with E-state index in [-0.39, 0.29) is 23.4 Å². The number of nitrogen functional groups attached to an aromatic ring is 1. The van der Waals surface area contributed by atoms with E-state index in [4.69, 9.17) is 10.8 Å². The SMILES string of the molecule is CCOC(=O)C=Cc1cc(C(=O)O)c(N)cc1F. The van der Waals surface area contributed by atoms with Gasteiger partial charge in [-0.1, -0.05) is 0 Å². The molecule has 0 bridgehead atoms. The summed E-state index contributed by atoms with van der Waals surface area (Å²) in [7, 11) is 0. The topological polar surface area (TPSA) is 89.6 Å². The van der Waals surface area contributed by atoms with Crippen LogP contribution in [0.25, 0.3) is 6.08 Å². The van der Waals surface area contributed by atoms with E-state index in [2.05, 4.69) is 4.74 Å². The molecule has 0 aliphatic carbocycles. The second-order valence-corrected chi connectivity index (χ2v) is 3.35. The molecule has 0 aliphatic heterocycles. The summed E-state index contributed by atoms with van der Waals surface area (Å²) in [5, 5.41) is 8.82. The van der Waals surface area contributed by atoms with Crippen LogP contribution in [0.4, 0.5) is 10.1 Å². The fourth-order valence-corrected chi connectivity index (χ4v) is 1.27. The monoisotopic (exact) mass is 253 g/mol. The van der Waals surface area contributed by atoms with E-state index in [1.165, 1.54) is 0 Å². The molecule has 0 saturated heterocycles. The van der Waals surface area contributed by atoms with E-state index in [0.29, 0.717) is 0 Å². The van der Waals surface area contributed by atoms with Gasteiger partial charge in [-0.3, -0.25) is 0 Å². The van der Waals surface area contributed by atoms with Crippen molar-refractivity contribution in [2.45, 2.75) is 6.92 Å². The van der Waals surface area contributed by atoms with Crippen molar-refractivity contribution in [2.24, 2.45) is 0 Å². The zero-order valence-electron chi connectivity index (χ0n) is 9.64. The third-order valence-electron chi connectivity index (χ3n) is 2.08. The van der Waals surface area contributed by atoms with Gasteiger partial charge in [-0.25, -0.2) is 14.0 Å². The Morgan fingerprint density at radius 1 is 1.50 bits per heavy atom. The highest BCUT2D eigenvalue weighted by atomic mass is 19.1. The van der Waals surface area contributed by atoms with Gasteiger partial charge in [0.25, 0.3) is 0 Å². The van der Waals surface area contributed by atoms with Crippen LogP contribution in [0, 0.1) is 5.82 Å². The van der Waals surface area contributed by atoms with E-state index in [1.54, 1.807) is 6.92 Å². The van der Waals surface area contributed by atoms with Gasteiger partial charge >= 0.3 is 11.9 Å². The molecule has 3 N–H and O–H groups in total. The average molecular weight is 253 g/mol. The maximum Gasteiger partial charge on any atom is 0.337 e. The number of halogens is 1. The molecule has 0 radical (unpaired) electrons. The molecule has 1 aromatic carbocycles. The number of hydrogen-bond acceptors (Lipinski definition) is 4. The van der Waals surface area contributed by atoms with E-state index >= 15 is 0 Å². The van der Waals surface area contributed by atoms with Crippen LogP contribution in [0.5, 0.6) is 0 Å². The van der Waals surface area contributed by atoms with Crippen LogP contribution < -0.4 is 5.73 Å². The summed E-state index contributed by atoms with van der Waals surface area (Å²) >= 11 is 0. The van der Waals surface area contributed by atoms with Crippen LogP contribution in [0.1, 0.15) is 22.8 Å². The Balaban J connectivity index is 3.06. The third kappa shape index (κ3) is 3.31. The van der Waals surface area contributed by atoms with Crippen molar-refractivity contribution in [1.82, 2.24) is 0 Å². The molecule has 96 valence electrons. The van der Waals surface area contributed by atoms with Crippen LogP contribution in [-0.2, 0) is 9.53 Å². The number of ether oxygens (including phenoxy) is 1. The van der Waals surface area contributed by atoms with Gasteiger partial charge in [-0.05, 0) is 25.1 Å². The van der Waals surface area contributed by atoms with E-state index in [9.17, 15) is 14.0 Å². The minimum Gasteiger partial charge on any atom is -0.478 e. The second-order valence-electron chi connectivity index (χ2n) is 3.35. The van der Waals surface area contributed by atoms with Crippen LogP contribution in [0.2, 0.25) is 0 Å². The molecule has 0 spiro atoms. The van der Waals surface area contributed by atoms with Gasteiger partial charge in [0.15, 0.2) is 0 Å². The molecule has 5 nitrogen and oxygen atoms in total. The van der Waals surface area contributed by atoms with Gasteiger partial charge < -0.3 is 15.6 Å². The van der Waals surface area contributed by atoms with Gasteiger partial charge in [-0.15, -0.1) is 0 Å². The first-order valence-corrected chi connectivity index (χ1v) is 5.12. The number of carbonyl (C=O) groups is 2. The number of hydrogen-bond donors (Lipinski definition) is 2. The van der Waals surface area contributed by atoms with Crippen molar-refractivity contribution < 1.29 is 23.8 Å². The largest absolute Gasteiger partial charge is 0.478 e. The van der Waals surface area contributed by atoms with Gasteiger partial charge in [0.1, 0.15) is 5.82 Å². The highest BCUT2D eigenvalue weighted by molar-refractivity contribution is 5.95. The summed E-state index contributed by atoms with van der Waals surface area (Å²) < 4.78 is 18.1. The molecule has 0 aromatic heterocycles. The Bertz CT molecular complexity index is 511. The van der Waals surface area contributed by atoms with Crippen LogP contribution in [0.15, 0.2) is 18.2 Å². The molecule has 0 aliphatic rings.